The third-order valence-corrected chi connectivity index (χ3v) is 1.98. The van der Waals surface area contributed by atoms with Gasteiger partial charge < -0.3 is 9.63 Å². The van der Waals surface area contributed by atoms with Gasteiger partial charge in [0.1, 0.15) is 5.75 Å². The molecule has 0 unspecified atom stereocenters. The average molecular weight is 212 g/mol. The molecule has 1 N–H and O–H groups in total. The maximum atomic E-state index is 10.3. The van der Waals surface area contributed by atoms with E-state index < -0.39 is 14.7 Å². The summed E-state index contributed by atoms with van der Waals surface area (Å²) in [5, 5.41) is 8.45. The lowest BCUT2D eigenvalue weighted by Gasteiger charge is -1.99. The lowest BCUT2D eigenvalue weighted by atomic mass is 10.1. The van der Waals surface area contributed by atoms with Crippen molar-refractivity contribution in [1.29, 1.82) is 0 Å². The van der Waals surface area contributed by atoms with E-state index in [1.165, 1.54) is 0 Å². The van der Waals surface area contributed by atoms with Gasteiger partial charge in [0.05, 0.1) is 0 Å². The molecule has 0 saturated carbocycles. The van der Waals surface area contributed by atoms with Gasteiger partial charge in [-0.2, -0.15) is 0 Å². The van der Waals surface area contributed by atoms with Crippen molar-refractivity contribution >= 4 is 14.7 Å². The van der Waals surface area contributed by atoms with E-state index in [4.69, 9.17) is 5.11 Å². The number of carbonyl (C=O) groups is 1. The molecule has 0 aliphatic rings. The number of hydrogen-bond acceptors (Lipinski definition) is 3. The molecular weight excluding hydrogens is 203 g/mol. The first-order valence-corrected chi connectivity index (χ1v) is 4.76. The maximum Gasteiger partial charge on any atom is 0.395 e. The van der Waals surface area contributed by atoms with Crippen LogP contribution in [0.25, 0.3) is 0 Å². The third kappa shape index (κ3) is 3.54. The Labute approximate surface area is 82.8 Å². The molecule has 74 valence electrons. The van der Waals surface area contributed by atoms with E-state index in [-0.39, 0.29) is 6.42 Å². The molecule has 0 aliphatic heterocycles. The van der Waals surface area contributed by atoms with Crippen LogP contribution in [-0.2, 0) is 15.8 Å². The molecule has 1 rings (SSSR count). The largest absolute Gasteiger partial charge is 0.481 e. The Balaban J connectivity index is 2.54. The van der Waals surface area contributed by atoms with Crippen molar-refractivity contribution in [3.63, 3.8) is 0 Å². The zero-order chi connectivity index (χ0) is 10.4. The van der Waals surface area contributed by atoms with Gasteiger partial charge in [0.25, 0.3) is 0 Å². The molecule has 0 heterocycles. The van der Waals surface area contributed by atoms with Crippen molar-refractivity contribution < 1.29 is 19.0 Å². The molecular formula is C9H9O4P. The van der Waals surface area contributed by atoms with Gasteiger partial charge in [-0.15, -0.1) is 0 Å². The van der Waals surface area contributed by atoms with Gasteiger partial charge in [0, 0.05) is 6.42 Å². The van der Waals surface area contributed by atoms with Crippen LogP contribution >= 0.6 is 8.69 Å². The minimum absolute atomic E-state index is 0.111. The first kappa shape index (κ1) is 10.7. The minimum atomic E-state index is -0.816. The van der Waals surface area contributed by atoms with E-state index >= 15 is 0 Å². The molecule has 0 spiro atoms. The summed E-state index contributed by atoms with van der Waals surface area (Å²) >= 11 is 0. The van der Waals surface area contributed by atoms with Gasteiger partial charge in [-0.1, -0.05) is 12.1 Å². The number of hydrogen-bond donors (Lipinski definition) is 1. The fourth-order valence-corrected chi connectivity index (χ4v) is 1.22. The van der Waals surface area contributed by atoms with Crippen LogP contribution in [0.5, 0.6) is 5.75 Å². The first-order valence-electron chi connectivity index (χ1n) is 4.03. The molecule has 0 aliphatic carbocycles. The van der Waals surface area contributed by atoms with Crippen molar-refractivity contribution in [2.45, 2.75) is 12.8 Å². The fraction of sp³-hybridized carbons (Fsp3) is 0.222. The lowest BCUT2D eigenvalue weighted by molar-refractivity contribution is -0.136. The number of aryl methyl sites for hydroxylation is 1. The maximum absolute atomic E-state index is 10.3. The smallest absolute Gasteiger partial charge is 0.395 e. The van der Waals surface area contributed by atoms with Crippen molar-refractivity contribution in [3.8, 4) is 5.75 Å². The highest BCUT2D eigenvalue weighted by Gasteiger charge is 1.99. The van der Waals surface area contributed by atoms with Gasteiger partial charge in [-0.25, -0.2) is 4.57 Å². The summed E-state index contributed by atoms with van der Waals surface area (Å²) in [5.74, 6) is -0.316. The second-order valence-corrected chi connectivity index (χ2v) is 3.04. The van der Waals surface area contributed by atoms with Crippen LogP contribution in [0.1, 0.15) is 12.0 Å². The normalized spacial score (nSPS) is 10.0. The summed E-state index contributed by atoms with van der Waals surface area (Å²) in [6, 6.07) is 6.82. The summed E-state index contributed by atoms with van der Waals surface area (Å²) in [6.07, 6.45) is 0.602. The number of aliphatic carboxylic acids is 1. The summed E-state index contributed by atoms with van der Waals surface area (Å²) in [7, 11) is -0.390. The Morgan fingerprint density at radius 1 is 1.36 bits per heavy atom. The summed E-state index contributed by atoms with van der Waals surface area (Å²) < 4.78 is 14.8. The van der Waals surface area contributed by atoms with Crippen LogP contribution < -0.4 is 4.52 Å². The molecule has 5 heteroatoms. The summed E-state index contributed by atoms with van der Waals surface area (Å²) in [6.45, 7) is 0. The fourth-order valence-electron chi connectivity index (χ4n) is 1.01. The van der Waals surface area contributed by atoms with E-state index in [9.17, 15) is 9.36 Å². The van der Waals surface area contributed by atoms with Crippen LogP contribution in [0.2, 0.25) is 0 Å². The predicted molar refractivity (Wildman–Crippen MR) is 50.6 cm³/mol. The molecule has 1 aromatic rings. The molecule has 0 bridgehead atoms. The number of carboxylic acids is 1. The van der Waals surface area contributed by atoms with Crippen LogP contribution in [0, 0.1) is 0 Å². The highest BCUT2D eigenvalue weighted by Crippen LogP contribution is 2.16. The molecule has 0 fully saturated rings. The SMILES string of the molecule is O=POc1ccc(CCC(=O)O)cc1. The Bertz CT molecular complexity index is 320. The van der Waals surface area contributed by atoms with E-state index in [1.54, 1.807) is 24.3 Å². The van der Waals surface area contributed by atoms with Crippen LogP contribution in [0.4, 0.5) is 0 Å². The quantitative estimate of drug-likeness (QED) is 0.760. The van der Waals surface area contributed by atoms with Crippen molar-refractivity contribution in [2.75, 3.05) is 0 Å². The standard InChI is InChI=1S/C9H9O4P/c10-9(11)6-3-7-1-4-8(5-2-7)13-14-12/h1-2,4-5H,3,6H2,(H,10,11). The molecule has 14 heavy (non-hydrogen) atoms. The molecule has 0 aromatic heterocycles. The van der Waals surface area contributed by atoms with Crippen molar-refractivity contribution in [1.82, 2.24) is 0 Å². The predicted octanol–water partition coefficient (Wildman–Crippen LogP) is 2.29. The topological polar surface area (TPSA) is 63.6 Å². The minimum Gasteiger partial charge on any atom is -0.481 e. The number of carboxylic acid groups (broad SMARTS) is 1. The van der Waals surface area contributed by atoms with E-state index in [0.29, 0.717) is 12.2 Å². The summed E-state index contributed by atoms with van der Waals surface area (Å²) in [5.41, 5.74) is 0.919. The summed E-state index contributed by atoms with van der Waals surface area (Å²) in [4.78, 5) is 10.3. The van der Waals surface area contributed by atoms with E-state index in [2.05, 4.69) is 4.52 Å². The molecule has 0 saturated heterocycles. The Hall–Kier alpha value is -1.41. The lowest BCUT2D eigenvalue weighted by Crippen LogP contribution is -1.96. The average Bonchev–Trinajstić information content (AvgIpc) is 2.17. The number of benzene rings is 1. The van der Waals surface area contributed by atoms with Crippen LogP contribution in [0.15, 0.2) is 24.3 Å². The molecule has 0 radical (unpaired) electrons. The third-order valence-electron chi connectivity index (χ3n) is 1.69. The van der Waals surface area contributed by atoms with Gasteiger partial charge in [0.2, 0.25) is 0 Å². The zero-order valence-corrected chi connectivity index (χ0v) is 8.24. The Morgan fingerprint density at radius 3 is 2.50 bits per heavy atom. The van der Waals surface area contributed by atoms with Gasteiger partial charge in [-0.05, 0) is 24.1 Å². The van der Waals surface area contributed by atoms with E-state index in [1.807, 2.05) is 0 Å². The molecule has 1 aromatic carbocycles. The van der Waals surface area contributed by atoms with Gasteiger partial charge >= 0.3 is 14.7 Å². The monoisotopic (exact) mass is 212 g/mol. The van der Waals surface area contributed by atoms with Crippen LogP contribution in [-0.4, -0.2) is 11.1 Å². The highest BCUT2D eigenvalue weighted by atomic mass is 31.1. The Morgan fingerprint density at radius 2 is 2.00 bits per heavy atom. The second kappa shape index (κ2) is 5.35. The van der Waals surface area contributed by atoms with E-state index in [0.717, 1.165) is 5.56 Å². The molecule has 0 amide bonds. The van der Waals surface area contributed by atoms with Crippen LogP contribution in [0.3, 0.4) is 0 Å². The van der Waals surface area contributed by atoms with Crippen molar-refractivity contribution in [3.05, 3.63) is 29.8 Å². The first-order chi connectivity index (χ1) is 6.72. The molecule has 4 nitrogen and oxygen atoms in total. The number of rotatable bonds is 5. The zero-order valence-electron chi connectivity index (χ0n) is 7.34. The van der Waals surface area contributed by atoms with Gasteiger partial charge in [-0.3, -0.25) is 4.79 Å². The van der Waals surface area contributed by atoms with Gasteiger partial charge in [0.15, 0.2) is 0 Å². The highest BCUT2D eigenvalue weighted by molar-refractivity contribution is 7.17. The second-order valence-electron chi connectivity index (χ2n) is 2.70. The van der Waals surface area contributed by atoms with Crippen molar-refractivity contribution in [2.24, 2.45) is 0 Å². The molecule has 0 atom stereocenters. The Kier molecular flexibility index (Phi) is 4.08.